The van der Waals surface area contributed by atoms with Gasteiger partial charge in [-0.25, -0.2) is 14.4 Å². The minimum absolute atomic E-state index is 0.0284. The molecule has 7 nitrogen and oxygen atoms in total. The number of rotatable bonds is 6. The van der Waals surface area contributed by atoms with E-state index in [1.54, 1.807) is 0 Å². The van der Waals surface area contributed by atoms with E-state index in [0.29, 0.717) is 11.1 Å². The lowest BCUT2D eigenvalue weighted by Gasteiger charge is -2.11. The molecule has 0 bridgehead atoms. The molecular formula is C23H17ClF4N4O3. The predicted molar refractivity (Wildman–Crippen MR) is 119 cm³/mol. The molecular weight excluding hydrogens is 492 g/mol. The molecule has 0 spiro atoms. The fourth-order valence-electron chi connectivity index (χ4n) is 3.40. The fraction of sp³-hybridized carbons (Fsp3) is 0.174. The quantitative estimate of drug-likeness (QED) is 0.351. The van der Waals surface area contributed by atoms with Crippen molar-refractivity contribution in [1.29, 1.82) is 0 Å². The van der Waals surface area contributed by atoms with Crippen molar-refractivity contribution in [1.82, 2.24) is 15.3 Å². The van der Waals surface area contributed by atoms with Gasteiger partial charge in [0, 0.05) is 17.5 Å². The van der Waals surface area contributed by atoms with Crippen molar-refractivity contribution in [3.63, 3.8) is 0 Å². The minimum atomic E-state index is -4.65. The summed E-state index contributed by atoms with van der Waals surface area (Å²) in [4.78, 5) is 20.7. The Balaban J connectivity index is 1.69. The minimum Gasteiger partial charge on any atom is -0.494 e. The number of methoxy groups -OCH3 is 1. The number of halogens is 5. The number of benzene rings is 2. The molecule has 0 saturated carbocycles. The zero-order chi connectivity index (χ0) is 25.3. The normalized spacial score (nSPS) is 11.6. The molecule has 0 fully saturated rings. The Morgan fingerprint density at radius 2 is 1.94 bits per heavy atom. The van der Waals surface area contributed by atoms with Gasteiger partial charge in [-0.2, -0.15) is 13.2 Å². The average molecular weight is 509 g/mol. The van der Waals surface area contributed by atoms with Gasteiger partial charge < -0.3 is 20.2 Å². The molecule has 0 atom stereocenters. The van der Waals surface area contributed by atoms with E-state index in [4.69, 9.17) is 26.5 Å². The van der Waals surface area contributed by atoms with E-state index < -0.39 is 23.6 Å². The van der Waals surface area contributed by atoms with Gasteiger partial charge in [0.2, 0.25) is 5.89 Å². The smallest absolute Gasteiger partial charge is 0.433 e. The van der Waals surface area contributed by atoms with Gasteiger partial charge in [-0.05, 0) is 42.0 Å². The van der Waals surface area contributed by atoms with E-state index in [2.05, 4.69) is 15.3 Å². The number of fused-ring (bicyclic) bond motifs is 1. The van der Waals surface area contributed by atoms with E-state index in [9.17, 15) is 22.4 Å². The molecule has 0 aliphatic rings. The second-order valence-corrected chi connectivity index (χ2v) is 7.74. The number of hydrogen-bond acceptors (Lipinski definition) is 6. The van der Waals surface area contributed by atoms with Crippen molar-refractivity contribution < 1.29 is 31.5 Å². The Morgan fingerprint density at radius 3 is 2.60 bits per heavy atom. The Kier molecular flexibility index (Phi) is 6.64. The van der Waals surface area contributed by atoms with Crippen LogP contribution in [0.2, 0.25) is 5.02 Å². The maximum atomic E-state index is 13.3. The maximum Gasteiger partial charge on any atom is 0.433 e. The van der Waals surface area contributed by atoms with Gasteiger partial charge in [0.1, 0.15) is 22.8 Å². The lowest BCUT2D eigenvalue weighted by Crippen LogP contribution is -2.24. The highest BCUT2D eigenvalue weighted by molar-refractivity contribution is 6.30. The van der Waals surface area contributed by atoms with Crippen molar-refractivity contribution in [3.05, 3.63) is 76.0 Å². The van der Waals surface area contributed by atoms with E-state index in [1.807, 2.05) is 0 Å². The van der Waals surface area contributed by atoms with Gasteiger partial charge >= 0.3 is 6.18 Å². The largest absolute Gasteiger partial charge is 0.494 e. The van der Waals surface area contributed by atoms with Crippen LogP contribution in [0, 0.1) is 5.82 Å². The van der Waals surface area contributed by atoms with Crippen LogP contribution in [0.1, 0.15) is 27.5 Å². The summed E-state index contributed by atoms with van der Waals surface area (Å²) in [6, 6.07) is 9.04. The van der Waals surface area contributed by atoms with Gasteiger partial charge in [0.05, 0.1) is 18.7 Å². The van der Waals surface area contributed by atoms with Crippen LogP contribution in [-0.4, -0.2) is 23.0 Å². The standard InChI is InChI=1S/C23H17ClF4N4O3/c1-34-16-6-3-13(12-4-7-18(23(26,27)28)31-19(12)16)22-32-20(17(9-29)35-22)21(33)30-10-11-2-5-15(25)14(24)8-11/h2-8H,9-10,29H2,1H3,(H,30,33). The molecule has 0 aliphatic heterocycles. The highest BCUT2D eigenvalue weighted by atomic mass is 35.5. The zero-order valence-electron chi connectivity index (χ0n) is 18.0. The fourth-order valence-corrected chi connectivity index (χ4v) is 3.60. The van der Waals surface area contributed by atoms with Gasteiger partial charge in [-0.15, -0.1) is 0 Å². The first-order valence-electron chi connectivity index (χ1n) is 10.1. The van der Waals surface area contributed by atoms with Crippen LogP contribution in [0.4, 0.5) is 17.6 Å². The zero-order valence-corrected chi connectivity index (χ0v) is 18.8. The summed E-state index contributed by atoms with van der Waals surface area (Å²) in [7, 11) is 1.31. The van der Waals surface area contributed by atoms with Crippen LogP contribution in [0.5, 0.6) is 5.75 Å². The third-order valence-electron chi connectivity index (χ3n) is 5.10. The first kappa shape index (κ1) is 24.4. The van der Waals surface area contributed by atoms with Crippen molar-refractivity contribution in [2.75, 3.05) is 7.11 Å². The second-order valence-electron chi connectivity index (χ2n) is 7.33. The van der Waals surface area contributed by atoms with Gasteiger partial charge in [0.15, 0.2) is 11.5 Å². The average Bonchev–Trinajstić information content (AvgIpc) is 3.27. The van der Waals surface area contributed by atoms with Crippen LogP contribution in [0.25, 0.3) is 22.4 Å². The SMILES string of the molecule is COc1ccc(-c2nc(C(=O)NCc3ccc(F)c(Cl)c3)c(CN)o2)c2ccc(C(F)(F)F)nc12. The summed E-state index contributed by atoms with van der Waals surface area (Å²) in [5.74, 6) is -1.04. The van der Waals surface area contributed by atoms with Crippen molar-refractivity contribution in [3.8, 4) is 17.2 Å². The van der Waals surface area contributed by atoms with Crippen molar-refractivity contribution in [2.24, 2.45) is 5.73 Å². The Morgan fingerprint density at radius 1 is 1.17 bits per heavy atom. The number of nitrogens with zero attached hydrogens (tertiary/aromatic N) is 2. The van der Waals surface area contributed by atoms with E-state index >= 15 is 0 Å². The number of carbonyl (C=O) groups excluding carboxylic acids is 1. The number of nitrogens with one attached hydrogen (secondary N) is 1. The lowest BCUT2D eigenvalue weighted by molar-refractivity contribution is -0.140. The summed E-state index contributed by atoms with van der Waals surface area (Å²) < 4.78 is 63.7. The number of aromatic nitrogens is 2. The van der Waals surface area contributed by atoms with Crippen LogP contribution >= 0.6 is 11.6 Å². The summed E-state index contributed by atoms with van der Waals surface area (Å²) in [6.07, 6.45) is -4.65. The van der Waals surface area contributed by atoms with Crippen LogP contribution in [-0.2, 0) is 19.3 Å². The molecule has 3 N–H and O–H groups in total. The number of pyridine rings is 1. The number of amides is 1. The highest BCUT2D eigenvalue weighted by Crippen LogP contribution is 2.37. The van der Waals surface area contributed by atoms with Crippen LogP contribution < -0.4 is 15.8 Å². The molecule has 0 aliphatic carbocycles. The first-order chi connectivity index (χ1) is 16.6. The van der Waals surface area contributed by atoms with Crippen molar-refractivity contribution in [2.45, 2.75) is 19.3 Å². The number of carbonyl (C=O) groups is 1. The molecule has 1 amide bonds. The third kappa shape index (κ3) is 4.91. The molecule has 0 radical (unpaired) electrons. The molecule has 4 aromatic rings. The van der Waals surface area contributed by atoms with E-state index in [-0.39, 0.29) is 52.1 Å². The van der Waals surface area contributed by atoms with Crippen LogP contribution in [0.15, 0.2) is 46.9 Å². The molecule has 182 valence electrons. The number of ether oxygens (including phenoxy) is 1. The molecule has 2 aromatic heterocycles. The van der Waals surface area contributed by atoms with Gasteiger partial charge in [0.25, 0.3) is 5.91 Å². The summed E-state index contributed by atoms with van der Waals surface area (Å²) in [5.41, 5.74) is 5.33. The highest BCUT2D eigenvalue weighted by Gasteiger charge is 2.33. The van der Waals surface area contributed by atoms with Crippen LogP contribution in [0.3, 0.4) is 0 Å². The topological polar surface area (TPSA) is 103 Å². The van der Waals surface area contributed by atoms with Crippen molar-refractivity contribution >= 4 is 28.4 Å². The second kappa shape index (κ2) is 9.51. The molecule has 2 heterocycles. The Bertz CT molecular complexity index is 1420. The monoisotopic (exact) mass is 508 g/mol. The number of oxazole rings is 1. The molecule has 35 heavy (non-hydrogen) atoms. The molecule has 4 rings (SSSR count). The molecule has 0 unspecified atom stereocenters. The number of alkyl halides is 3. The molecule has 12 heteroatoms. The first-order valence-corrected chi connectivity index (χ1v) is 10.5. The van der Waals surface area contributed by atoms with E-state index in [0.717, 1.165) is 6.07 Å². The van der Waals surface area contributed by atoms with Gasteiger partial charge in [-0.1, -0.05) is 17.7 Å². The number of hydrogen-bond donors (Lipinski definition) is 2. The summed E-state index contributed by atoms with van der Waals surface area (Å²) >= 11 is 5.76. The lowest BCUT2D eigenvalue weighted by atomic mass is 10.1. The molecule has 0 saturated heterocycles. The van der Waals surface area contributed by atoms with Gasteiger partial charge in [-0.3, -0.25) is 4.79 Å². The molecule has 2 aromatic carbocycles. The predicted octanol–water partition coefficient (Wildman–Crippen LogP) is 5.10. The van der Waals surface area contributed by atoms with E-state index in [1.165, 1.54) is 43.5 Å². The maximum absolute atomic E-state index is 13.3. The summed E-state index contributed by atoms with van der Waals surface area (Å²) in [5, 5.41) is 2.81. The third-order valence-corrected chi connectivity index (χ3v) is 5.39. The Hall–Kier alpha value is -3.70. The number of nitrogens with two attached hydrogens (primary N) is 1. The Labute approximate surface area is 200 Å². The summed E-state index contributed by atoms with van der Waals surface area (Å²) in [6.45, 7) is -0.136.